The molecule has 0 fully saturated rings. The highest BCUT2D eigenvalue weighted by Crippen LogP contribution is 2.34. The molecule has 10 nitrogen and oxygen atoms in total. The van der Waals surface area contributed by atoms with Crippen LogP contribution in [0.3, 0.4) is 0 Å². The van der Waals surface area contributed by atoms with Gasteiger partial charge in [0.15, 0.2) is 0 Å². The van der Waals surface area contributed by atoms with Crippen molar-refractivity contribution in [2.24, 2.45) is 11.8 Å². The SMILES string of the molecule is COC(=O)CNC(=O)C(c1cccc(C)c1O)N(C(=O)C(CC(C)C)NC(=O)OC(C)(C)C)C(C)CCC(C)C. The molecule has 0 aliphatic heterocycles. The van der Waals surface area contributed by atoms with Gasteiger partial charge in [-0.05, 0) is 71.3 Å². The van der Waals surface area contributed by atoms with E-state index in [4.69, 9.17) is 4.74 Å². The summed E-state index contributed by atoms with van der Waals surface area (Å²) in [5.74, 6) is -1.57. The van der Waals surface area contributed by atoms with E-state index < -0.39 is 54.1 Å². The number of esters is 1. The number of aryl methyl sites for hydroxylation is 1. The molecule has 0 aliphatic rings. The highest BCUT2D eigenvalue weighted by atomic mass is 16.6. The Morgan fingerprint density at radius 1 is 1.00 bits per heavy atom. The summed E-state index contributed by atoms with van der Waals surface area (Å²) in [7, 11) is 1.21. The highest BCUT2D eigenvalue weighted by Gasteiger charge is 2.40. The van der Waals surface area contributed by atoms with Crippen LogP contribution in [0.4, 0.5) is 4.79 Å². The zero-order chi connectivity index (χ0) is 30.8. The van der Waals surface area contributed by atoms with Crippen molar-refractivity contribution >= 4 is 23.9 Å². The van der Waals surface area contributed by atoms with Crippen LogP contribution in [0.25, 0.3) is 0 Å². The Kier molecular flexibility index (Phi) is 13.4. The van der Waals surface area contributed by atoms with Crippen molar-refractivity contribution in [2.75, 3.05) is 13.7 Å². The van der Waals surface area contributed by atoms with Gasteiger partial charge in [-0.3, -0.25) is 14.4 Å². The number of alkyl carbamates (subject to hydrolysis) is 1. The number of nitrogens with zero attached hydrogens (tertiary/aromatic N) is 1. The molecule has 1 rings (SSSR count). The maximum atomic E-state index is 14.4. The number of ether oxygens (including phenoxy) is 2. The summed E-state index contributed by atoms with van der Waals surface area (Å²) in [5, 5.41) is 16.3. The van der Waals surface area contributed by atoms with Crippen LogP contribution in [0.1, 0.15) is 91.8 Å². The smallest absolute Gasteiger partial charge is 0.408 e. The molecule has 0 saturated carbocycles. The van der Waals surface area contributed by atoms with Gasteiger partial charge in [0.2, 0.25) is 11.8 Å². The summed E-state index contributed by atoms with van der Waals surface area (Å²) in [6, 6.07) is 2.23. The number of nitrogens with one attached hydrogen (secondary N) is 2. The van der Waals surface area contributed by atoms with Crippen molar-refractivity contribution in [1.29, 1.82) is 0 Å². The molecular formula is C30H49N3O7. The van der Waals surface area contributed by atoms with Crippen LogP contribution >= 0.6 is 0 Å². The van der Waals surface area contributed by atoms with Crippen molar-refractivity contribution < 1.29 is 33.8 Å². The lowest BCUT2D eigenvalue weighted by Crippen LogP contribution is -2.56. The lowest BCUT2D eigenvalue weighted by molar-refractivity contribution is -0.147. The third-order valence-electron chi connectivity index (χ3n) is 6.31. The van der Waals surface area contributed by atoms with E-state index in [9.17, 15) is 24.3 Å². The first-order chi connectivity index (χ1) is 18.5. The third-order valence-corrected chi connectivity index (χ3v) is 6.31. The van der Waals surface area contributed by atoms with Crippen molar-refractivity contribution in [3.8, 4) is 5.75 Å². The van der Waals surface area contributed by atoms with Gasteiger partial charge in [0.05, 0.1) is 7.11 Å². The van der Waals surface area contributed by atoms with E-state index in [1.54, 1.807) is 45.9 Å². The van der Waals surface area contributed by atoms with Crippen molar-refractivity contribution in [3.63, 3.8) is 0 Å². The molecule has 40 heavy (non-hydrogen) atoms. The standard InChI is InChI=1S/C30H49N3O7/c1-18(2)14-15-21(6)33(28(37)23(16-19(3)4)32-29(38)40-30(7,8)9)25(27(36)31-17-24(34)39-10)22-13-11-12-20(5)26(22)35/h11-13,18-19,21,23,25,35H,14-17H2,1-10H3,(H,31,36)(H,32,38). The monoisotopic (exact) mass is 563 g/mol. The van der Waals surface area contributed by atoms with Gasteiger partial charge in [-0.2, -0.15) is 0 Å². The molecule has 1 aromatic carbocycles. The fourth-order valence-electron chi connectivity index (χ4n) is 4.28. The first-order valence-corrected chi connectivity index (χ1v) is 13.9. The Balaban J connectivity index is 3.71. The maximum absolute atomic E-state index is 14.4. The van der Waals surface area contributed by atoms with Crippen LogP contribution in [-0.4, -0.2) is 65.2 Å². The molecule has 3 N–H and O–H groups in total. The fraction of sp³-hybridized carbons (Fsp3) is 0.667. The van der Waals surface area contributed by atoms with Gasteiger partial charge in [0, 0.05) is 11.6 Å². The van der Waals surface area contributed by atoms with E-state index in [2.05, 4.69) is 29.2 Å². The van der Waals surface area contributed by atoms with Crippen LogP contribution in [0.2, 0.25) is 0 Å². The van der Waals surface area contributed by atoms with Crippen LogP contribution in [0.5, 0.6) is 5.75 Å². The number of carbonyl (C=O) groups excluding carboxylic acids is 4. The zero-order valence-corrected chi connectivity index (χ0v) is 25.8. The zero-order valence-electron chi connectivity index (χ0n) is 25.8. The Bertz CT molecular complexity index is 1020. The Hall–Kier alpha value is -3.30. The van der Waals surface area contributed by atoms with E-state index in [1.807, 2.05) is 20.8 Å². The molecule has 0 spiro atoms. The third kappa shape index (κ3) is 11.1. The summed E-state index contributed by atoms with van der Waals surface area (Å²) in [4.78, 5) is 54.2. The number of carbonyl (C=O) groups is 4. The van der Waals surface area contributed by atoms with Crippen LogP contribution in [0, 0.1) is 18.8 Å². The van der Waals surface area contributed by atoms with Crippen LogP contribution in [-0.2, 0) is 23.9 Å². The maximum Gasteiger partial charge on any atom is 0.408 e. The summed E-state index contributed by atoms with van der Waals surface area (Å²) >= 11 is 0. The van der Waals surface area contributed by atoms with Gasteiger partial charge in [-0.25, -0.2) is 4.79 Å². The van der Waals surface area contributed by atoms with E-state index in [1.165, 1.54) is 12.0 Å². The molecule has 0 saturated heterocycles. The molecular weight excluding hydrogens is 514 g/mol. The first kappa shape index (κ1) is 34.7. The van der Waals surface area contributed by atoms with E-state index in [0.717, 1.165) is 6.42 Å². The highest BCUT2D eigenvalue weighted by molar-refractivity contribution is 5.93. The number of hydrogen-bond donors (Lipinski definition) is 3. The fourth-order valence-corrected chi connectivity index (χ4v) is 4.28. The molecule has 0 aromatic heterocycles. The minimum atomic E-state index is -1.28. The van der Waals surface area contributed by atoms with E-state index in [0.29, 0.717) is 24.3 Å². The number of methoxy groups -OCH3 is 1. The van der Waals surface area contributed by atoms with Crippen LogP contribution < -0.4 is 10.6 Å². The molecule has 10 heteroatoms. The number of benzene rings is 1. The topological polar surface area (TPSA) is 134 Å². The number of amides is 3. The largest absolute Gasteiger partial charge is 0.507 e. The summed E-state index contributed by atoms with van der Waals surface area (Å²) in [6.45, 7) is 16.3. The number of aromatic hydroxyl groups is 1. The van der Waals surface area contributed by atoms with Gasteiger partial charge in [0.25, 0.3) is 0 Å². The minimum absolute atomic E-state index is 0.0238. The average molecular weight is 564 g/mol. The predicted molar refractivity (Wildman–Crippen MR) is 154 cm³/mol. The molecule has 0 bridgehead atoms. The summed E-state index contributed by atoms with van der Waals surface area (Å²) in [5.41, 5.74) is -0.0348. The number of phenolic OH excluding ortho intramolecular Hbond substituents is 1. The number of rotatable bonds is 13. The first-order valence-electron chi connectivity index (χ1n) is 13.9. The molecule has 226 valence electrons. The molecule has 3 atom stereocenters. The normalized spacial score (nSPS) is 13.8. The predicted octanol–water partition coefficient (Wildman–Crippen LogP) is 4.62. The molecule has 3 amide bonds. The number of para-hydroxylation sites is 1. The van der Waals surface area contributed by atoms with Gasteiger partial charge < -0.3 is 30.1 Å². The van der Waals surface area contributed by atoms with Gasteiger partial charge in [-0.15, -0.1) is 0 Å². The Morgan fingerprint density at radius 3 is 2.15 bits per heavy atom. The molecule has 0 heterocycles. The van der Waals surface area contributed by atoms with Crippen molar-refractivity contribution in [3.05, 3.63) is 29.3 Å². The number of phenols is 1. The van der Waals surface area contributed by atoms with E-state index in [-0.39, 0.29) is 17.2 Å². The van der Waals surface area contributed by atoms with Gasteiger partial charge >= 0.3 is 12.1 Å². The van der Waals surface area contributed by atoms with Crippen molar-refractivity contribution in [2.45, 2.75) is 105 Å². The Morgan fingerprint density at radius 2 is 1.62 bits per heavy atom. The molecule has 3 unspecified atom stereocenters. The van der Waals surface area contributed by atoms with Gasteiger partial charge in [0.1, 0.15) is 30.0 Å². The van der Waals surface area contributed by atoms with Crippen LogP contribution in [0.15, 0.2) is 18.2 Å². The molecule has 0 radical (unpaired) electrons. The average Bonchev–Trinajstić information content (AvgIpc) is 2.83. The summed E-state index contributed by atoms with van der Waals surface area (Å²) < 4.78 is 10.1. The molecule has 1 aromatic rings. The molecule has 0 aliphatic carbocycles. The quantitative estimate of drug-likeness (QED) is 0.298. The van der Waals surface area contributed by atoms with Gasteiger partial charge in [-0.1, -0.05) is 45.9 Å². The lowest BCUT2D eigenvalue weighted by Gasteiger charge is -2.39. The second-order valence-electron chi connectivity index (χ2n) is 12.1. The Labute approximate surface area is 239 Å². The number of hydrogen-bond acceptors (Lipinski definition) is 7. The second kappa shape index (κ2) is 15.5. The summed E-state index contributed by atoms with van der Waals surface area (Å²) in [6.07, 6.45) is 0.890. The second-order valence-corrected chi connectivity index (χ2v) is 12.1. The van der Waals surface area contributed by atoms with E-state index >= 15 is 0 Å². The lowest BCUT2D eigenvalue weighted by atomic mass is 9.94. The minimum Gasteiger partial charge on any atom is -0.507 e. The van der Waals surface area contributed by atoms with Crippen molar-refractivity contribution in [1.82, 2.24) is 15.5 Å².